The minimum absolute atomic E-state index is 0.234. The molecule has 3 N–H and O–H groups in total. The van der Waals surface area contributed by atoms with E-state index >= 15 is 0 Å². The van der Waals surface area contributed by atoms with Crippen LogP contribution in [0.1, 0.15) is 47.5 Å². The fourth-order valence-corrected chi connectivity index (χ4v) is 1.09. The second kappa shape index (κ2) is 4.94. The standard InChI is InChI=1S/C12H26N2/c1-10(11(2,3)4)8-7-9-14-12(5,6)13/h14H,1,7-9,13H2,2-6H3. The van der Waals surface area contributed by atoms with Crippen LogP contribution in [0.4, 0.5) is 0 Å². The van der Waals surface area contributed by atoms with Gasteiger partial charge in [0.2, 0.25) is 0 Å². The van der Waals surface area contributed by atoms with Gasteiger partial charge >= 0.3 is 0 Å². The quantitative estimate of drug-likeness (QED) is 0.405. The summed E-state index contributed by atoms with van der Waals surface area (Å²) in [6.45, 7) is 15.6. The Balaban J connectivity index is 3.62. The first-order chi connectivity index (χ1) is 6.13. The molecular formula is C12H26N2. The van der Waals surface area contributed by atoms with E-state index in [1.807, 2.05) is 13.8 Å². The molecule has 14 heavy (non-hydrogen) atoms. The highest BCUT2D eigenvalue weighted by Crippen LogP contribution is 2.26. The van der Waals surface area contributed by atoms with Crippen LogP contribution in [0.15, 0.2) is 12.2 Å². The lowest BCUT2D eigenvalue weighted by atomic mass is 9.85. The minimum Gasteiger partial charge on any atom is -0.314 e. The molecule has 0 radical (unpaired) electrons. The van der Waals surface area contributed by atoms with Crippen molar-refractivity contribution in [2.75, 3.05) is 6.54 Å². The first-order valence-corrected chi connectivity index (χ1v) is 5.35. The Morgan fingerprint density at radius 3 is 2.07 bits per heavy atom. The molecule has 0 fully saturated rings. The second-order valence-corrected chi connectivity index (χ2v) is 5.61. The number of hydrogen-bond donors (Lipinski definition) is 2. The van der Waals surface area contributed by atoms with Crippen molar-refractivity contribution < 1.29 is 0 Å². The summed E-state index contributed by atoms with van der Waals surface area (Å²) < 4.78 is 0. The zero-order valence-electron chi connectivity index (χ0n) is 10.4. The molecule has 0 bridgehead atoms. The maximum absolute atomic E-state index is 5.80. The van der Waals surface area contributed by atoms with Crippen molar-refractivity contribution in [3.8, 4) is 0 Å². The third-order valence-electron chi connectivity index (χ3n) is 2.30. The Labute approximate surface area is 89.0 Å². The van der Waals surface area contributed by atoms with Gasteiger partial charge in [-0.05, 0) is 38.6 Å². The summed E-state index contributed by atoms with van der Waals surface area (Å²) >= 11 is 0. The van der Waals surface area contributed by atoms with Crippen LogP contribution in [0, 0.1) is 5.41 Å². The lowest BCUT2D eigenvalue weighted by molar-refractivity contribution is 0.394. The molecule has 0 saturated heterocycles. The van der Waals surface area contributed by atoms with Gasteiger partial charge in [0.15, 0.2) is 0 Å². The molecule has 0 aliphatic carbocycles. The van der Waals surface area contributed by atoms with E-state index in [0.717, 1.165) is 19.4 Å². The topological polar surface area (TPSA) is 38.0 Å². The van der Waals surface area contributed by atoms with Crippen molar-refractivity contribution in [2.45, 2.75) is 53.1 Å². The maximum Gasteiger partial charge on any atom is 0.0603 e. The van der Waals surface area contributed by atoms with E-state index in [-0.39, 0.29) is 11.1 Å². The molecule has 0 saturated carbocycles. The van der Waals surface area contributed by atoms with E-state index in [2.05, 4.69) is 32.7 Å². The number of rotatable bonds is 5. The SMILES string of the molecule is C=C(CCCNC(C)(C)N)C(C)(C)C. The van der Waals surface area contributed by atoms with Crippen LogP contribution in [-0.2, 0) is 0 Å². The molecule has 0 atom stereocenters. The van der Waals surface area contributed by atoms with Gasteiger partial charge in [-0.15, -0.1) is 0 Å². The largest absolute Gasteiger partial charge is 0.314 e. The van der Waals surface area contributed by atoms with Crippen LogP contribution < -0.4 is 11.1 Å². The highest BCUT2D eigenvalue weighted by atomic mass is 15.1. The Morgan fingerprint density at radius 2 is 1.71 bits per heavy atom. The summed E-state index contributed by atoms with van der Waals surface area (Å²) in [5.74, 6) is 0. The highest BCUT2D eigenvalue weighted by molar-refractivity contribution is 5.04. The van der Waals surface area contributed by atoms with E-state index in [4.69, 9.17) is 5.73 Å². The van der Waals surface area contributed by atoms with E-state index in [9.17, 15) is 0 Å². The molecule has 0 aromatic rings. The average molecular weight is 198 g/mol. The Hall–Kier alpha value is -0.340. The number of nitrogens with two attached hydrogens (primary N) is 1. The van der Waals surface area contributed by atoms with Gasteiger partial charge < -0.3 is 5.73 Å². The fraction of sp³-hybridized carbons (Fsp3) is 0.833. The molecule has 0 aromatic heterocycles. The van der Waals surface area contributed by atoms with Gasteiger partial charge in [-0.1, -0.05) is 32.9 Å². The van der Waals surface area contributed by atoms with Crippen molar-refractivity contribution >= 4 is 0 Å². The summed E-state index contributed by atoms with van der Waals surface area (Å²) in [6.07, 6.45) is 2.18. The minimum atomic E-state index is -0.261. The molecule has 0 spiro atoms. The fourth-order valence-electron chi connectivity index (χ4n) is 1.09. The van der Waals surface area contributed by atoms with Gasteiger partial charge in [0.1, 0.15) is 0 Å². The third-order valence-corrected chi connectivity index (χ3v) is 2.30. The molecule has 84 valence electrons. The van der Waals surface area contributed by atoms with Gasteiger partial charge in [-0.3, -0.25) is 5.32 Å². The lowest BCUT2D eigenvalue weighted by Gasteiger charge is -2.24. The zero-order chi connectivity index (χ0) is 11.4. The third kappa shape index (κ3) is 7.10. The predicted octanol–water partition coefficient (Wildman–Crippen LogP) is 2.65. The van der Waals surface area contributed by atoms with Crippen molar-refractivity contribution in [1.82, 2.24) is 5.32 Å². The molecule has 2 nitrogen and oxygen atoms in total. The van der Waals surface area contributed by atoms with Crippen molar-refractivity contribution in [2.24, 2.45) is 11.1 Å². The molecule has 0 aliphatic heterocycles. The van der Waals surface area contributed by atoms with E-state index in [1.54, 1.807) is 0 Å². The monoisotopic (exact) mass is 198 g/mol. The van der Waals surface area contributed by atoms with Crippen LogP contribution in [0.3, 0.4) is 0 Å². The van der Waals surface area contributed by atoms with Crippen LogP contribution in [0.5, 0.6) is 0 Å². The number of hydrogen-bond acceptors (Lipinski definition) is 2. The molecule has 0 heterocycles. The van der Waals surface area contributed by atoms with Crippen LogP contribution in [-0.4, -0.2) is 12.2 Å². The van der Waals surface area contributed by atoms with Crippen molar-refractivity contribution in [3.63, 3.8) is 0 Å². The van der Waals surface area contributed by atoms with Gasteiger partial charge in [-0.2, -0.15) is 0 Å². The number of allylic oxidation sites excluding steroid dienone is 1. The Kier molecular flexibility index (Phi) is 4.82. The molecule has 0 amide bonds. The maximum atomic E-state index is 5.80. The number of nitrogens with one attached hydrogen (secondary N) is 1. The van der Waals surface area contributed by atoms with Gasteiger partial charge in [-0.25, -0.2) is 0 Å². The van der Waals surface area contributed by atoms with Crippen LogP contribution in [0.25, 0.3) is 0 Å². The average Bonchev–Trinajstić information content (AvgIpc) is 1.93. The first kappa shape index (κ1) is 13.7. The molecule has 2 heteroatoms. The summed E-state index contributed by atoms with van der Waals surface area (Å²) in [6, 6.07) is 0. The normalized spacial score (nSPS) is 13.0. The van der Waals surface area contributed by atoms with Crippen molar-refractivity contribution in [3.05, 3.63) is 12.2 Å². The molecule has 0 rings (SSSR count). The van der Waals surface area contributed by atoms with Crippen LogP contribution >= 0.6 is 0 Å². The Bertz CT molecular complexity index is 181. The Morgan fingerprint density at radius 1 is 1.21 bits per heavy atom. The van der Waals surface area contributed by atoms with Crippen LogP contribution in [0.2, 0.25) is 0 Å². The molecular weight excluding hydrogens is 172 g/mol. The molecule has 0 aromatic carbocycles. The van der Waals surface area contributed by atoms with E-state index in [0.29, 0.717) is 0 Å². The molecule has 0 aliphatic rings. The lowest BCUT2D eigenvalue weighted by Crippen LogP contribution is -2.48. The summed E-state index contributed by atoms with van der Waals surface area (Å²) in [5, 5.41) is 3.27. The van der Waals surface area contributed by atoms with E-state index in [1.165, 1.54) is 5.57 Å². The first-order valence-electron chi connectivity index (χ1n) is 5.35. The van der Waals surface area contributed by atoms with Crippen molar-refractivity contribution in [1.29, 1.82) is 0 Å². The zero-order valence-corrected chi connectivity index (χ0v) is 10.4. The summed E-state index contributed by atoms with van der Waals surface area (Å²) in [4.78, 5) is 0. The summed E-state index contributed by atoms with van der Waals surface area (Å²) in [7, 11) is 0. The highest BCUT2D eigenvalue weighted by Gasteiger charge is 2.14. The smallest absolute Gasteiger partial charge is 0.0603 e. The summed E-state index contributed by atoms with van der Waals surface area (Å²) in [5.41, 5.74) is 7.09. The van der Waals surface area contributed by atoms with Gasteiger partial charge in [0.05, 0.1) is 5.66 Å². The van der Waals surface area contributed by atoms with E-state index < -0.39 is 0 Å². The molecule has 0 unspecified atom stereocenters. The predicted molar refractivity (Wildman–Crippen MR) is 64.1 cm³/mol. The van der Waals surface area contributed by atoms with Gasteiger partial charge in [0.25, 0.3) is 0 Å². The van der Waals surface area contributed by atoms with Gasteiger partial charge in [0, 0.05) is 0 Å². The second-order valence-electron chi connectivity index (χ2n) is 5.61.